The molecule has 13 nitrogen and oxygen atoms in total. The first-order valence-corrected chi connectivity index (χ1v) is 14.6. The molecule has 0 saturated carbocycles. The van der Waals surface area contributed by atoms with E-state index < -0.39 is 41.1 Å². The molecule has 0 aromatic heterocycles. The van der Waals surface area contributed by atoms with Crippen LogP contribution in [0.3, 0.4) is 0 Å². The van der Waals surface area contributed by atoms with Crippen molar-refractivity contribution in [2.24, 2.45) is 0 Å². The Morgan fingerprint density at radius 2 is 0.952 bits per heavy atom. The molecule has 0 aliphatic rings. The zero-order valence-corrected chi connectivity index (χ0v) is 27.1. The Balaban J connectivity index is 4.98. The molecule has 0 aliphatic carbocycles. The third kappa shape index (κ3) is 22.4. The van der Waals surface area contributed by atoms with E-state index in [9.17, 15) is 24.0 Å². The van der Waals surface area contributed by atoms with Gasteiger partial charge < -0.3 is 39.8 Å². The van der Waals surface area contributed by atoms with Crippen molar-refractivity contribution in [2.45, 2.75) is 118 Å². The number of rotatable bonds is 16. The molecule has 0 saturated heterocycles. The zero-order valence-electron chi connectivity index (χ0n) is 27.1. The Kier molecular flexibility index (Phi) is 16.9. The molecule has 0 bridgehead atoms. The maximum Gasteiger partial charge on any atom is 0.410 e. The topological polar surface area (TPSA) is 164 Å². The number of carbonyl (C=O) groups is 5. The van der Waals surface area contributed by atoms with Crippen molar-refractivity contribution in [3.63, 3.8) is 0 Å². The van der Waals surface area contributed by atoms with Gasteiger partial charge in [0.2, 0.25) is 5.91 Å². The summed E-state index contributed by atoms with van der Waals surface area (Å²) < 4.78 is 16.3. The van der Waals surface area contributed by atoms with Crippen molar-refractivity contribution < 1.29 is 43.3 Å². The van der Waals surface area contributed by atoms with Crippen molar-refractivity contribution >= 4 is 30.2 Å². The van der Waals surface area contributed by atoms with Gasteiger partial charge in [0.15, 0.2) is 0 Å². The molecule has 0 aromatic rings. The second-order valence-electron chi connectivity index (χ2n) is 13.0. The lowest BCUT2D eigenvalue weighted by atomic mass is 10.2. The van der Waals surface area contributed by atoms with Gasteiger partial charge >= 0.3 is 24.2 Å². The summed E-state index contributed by atoms with van der Waals surface area (Å²) in [5.74, 6) is -1.39. The Hall–Kier alpha value is -3.25. The van der Waals surface area contributed by atoms with Crippen LogP contribution in [-0.2, 0) is 23.8 Å². The fourth-order valence-corrected chi connectivity index (χ4v) is 3.43. The van der Waals surface area contributed by atoms with E-state index in [0.29, 0.717) is 65.0 Å². The summed E-state index contributed by atoms with van der Waals surface area (Å²) in [6, 6.07) is 0. The second kappa shape index (κ2) is 18.3. The van der Waals surface area contributed by atoms with Crippen LogP contribution in [0.1, 0.15) is 101 Å². The van der Waals surface area contributed by atoms with Crippen LogP contribution in [0.4, 0.5) is 14.4 Å². The standard InChI is InChI=1S/C29H54N4O9/c1-27(2,3)40-24(37)31-17-13-21-33(26(39)42-29(7,8)9)19-11-10-18-32(25(38)41-28(4,5)6)20-12-16-30-22(34)14-15-23(35)36/h10-21H2,1-9H3,(H,30,34)(H,31,37)(H,35,36). The van der Waals surface area contributed by atoms with Crippen LogP contribution in [0.25, 0.3) is 0 Å². The van der Waals surface area contributed by atoms with Crippen LogP contribution < -0.4 is 10.6 Å². The minimum absolute atomic E-state index is 0.101. The largest absolute Gasteiger partial charge is 0.481 e. The minimum Gasteiger partial charge on any atom is -0.481 e. The van der Waals surface area contributed by atoms with Gasteiger partial charge in [-0.1, -0.05) is 0 Å². The normalized spacial score (nSPS) is 11.7. The quantitative estimate of drug-likeness (QED) is 0.170. The molecule has 0 aromatic carbocycles. The van der Waals surface area contributed by atoms with Gasteiger partial charge in [0, 0.05) is 45.7 Å². The lowest BCUT2D eigenvalue weighted by Crippen LogP contribution is -2.40. The first-order chi connectivity index (χ1) is 19.2. The van der Waals surface area contributed by atoms with Crippen LogP contribution in [0.15, 0.2) is 0 Å². The van der Waals surface area contributed by atoms with Crippen molar-refractivity contribution in [3.8, 4) is 0 Å². The summed E-state index contributed by atoms with van der Waals surface area (Å²) in [5.41, 5.74) is -1.95. The summed E-state index contributed by atoms with van der Waals surface area (Å²) >= 11 is 0. The van der Waals surface area contributed by atoms with E-state index in [-0.39, 0.29) is 18.7 Å². The monoisotopic (exact) mass is 602 g/mol. The number of nitrogens with one attached hydrogen (secondary N) is 2. The van der Waals surface area contributed by atoms with Gasteiger partial charge in [-0.3, -0.25) is 9.59 Å². The Morgan fingerprint density at radius 3 is 1.33 bits per heavy atom. The third-order valence-corrected chi connectivity index (χ3v) is 5.18. The number of hydrogen-bond donors (Lipinski definition) is 3. The fraction of sp³-hybridized carbons (Fsp3) is 0.828. The number of carboxylic acid groups (broad SMARTS) is 1. The second-order valence-corrected chi connectivity index (χ2v) is 13.0. The van der Waals surface area contributed by atoms with Gasteiger partial charge in [0.1, 0.15) is 16.8 Å². The number of amides is 4. The van der Waals surface area contributed by atoms with E-state index in [2.05, 4.69) is 10.6 Å². The number of unbranched alkanes of at least 4 members (excludes halogenated alkanes) is 1. The maximum atomic E-state index is 12.8. The van der Waals surface area contributed by atoms with Crippen molar-refractivity contribution in [3.05, 3.63) is 0 Å². The van der Waals surface area contributed by atoms with Gasteiger partial charge in [0.05, 0.1) is 6.42 Å². The third-order valence-electron chi connectivity index (χ3n) is 5.18. The van der Waals surface area contributed by atoms with E-state index in [1.54, 1.807) is 72.1 Å². The molecular formula is C29H54N4O9. The summed E-state index contributed by atoms with van der Waals surface area (Å²) in [6.45, 7) is 18.1. The number of nitrogens with zero attached hydrogens (tertiary/aromatic N) is 2. The molecule has 0 unspecified atom stereocenters. The van der Waals surface area contributed by atoms with Crippen molar-refractivity contribution in [2.75, 3.05) is 39.3 Å². The molecule has 0 fully saturated rings. The van der Waals surface area contributed by atoms with Crippen LogP contribution in [-0.4, -0.2) is 101 Å². The summed E-state index contributed by atoms with van der Waals surface area (Å²) in [7, 11) is 0. The van der Waals surface area contributed by atoms with Crippen LogP contribution in [0.2, 0.25) is 0 Å². The van der Waals surface area contributed by atoms with E-state index >= 15 is 0 Å². The predicted octanol–water partition coefficient (Wildman–Crippen LogP) is 4.53. The summed E-state index contributed by atoms with van der Waals surface area (Å²) in [5, 5.41) is 14.0. The van der Waals surface area contributed by atoms with Gasteiger partial charge in [-0.25, -0.2) is 14.4 Å². The number of aliphatic carboxylic acids is 1. The molecule has 0 aliphatic heterocycles. The average Bonchev–Trinajstić information content (AvgIpc) is 2.79. The average molecular weight is 603 g/mol. The lowest BCUT2D eigenvalue weighted by Gasteiger charge is -2.29. The SMILES string of the molecule is CC(C)(C)OC(=O)NCCCN(CCCCN(CCCNC(=O)CCC(=O)O)C(=O)OC(C)(C)C)C(=O)OC(C)(C)C. The van der Waals surface area contributed by atoms with E-state index in [1.165, 1.54) is 0 Å². The molecule has 0 spiro atoms. The molecule has 0 rings (SSSR count). The molecule has 3 N–H and O–H groups in total. The fourth-order valence-electron chi connectivity index (χ4n) is 3.43. The Morgan fingerprint density at radius 1 is 0.571 bits per heavy atom. The predicted molar refractivity (Wildman–Crippen MR) is 158 cm³/mol. The smallest absolute Gasteiger partial charge is 0.410 e. The summed E-state index contributed by atoms with van der Waals surface area (Å²) in [4.78, 5) is 63.1. The number of hydrogen-bond acceptors (Lipinski definition) is 8. The number of ether oxygens (including phenoxy) is 3. The Bertz CT molecular complexity index is 874. The van der Waals surface area contributed by atoms with Crippen LogP contribution in [0.5, 0.6) is 0 Å². The van der Waals surface area contributed by atoms with Gasteiger partial charge in [-0.05, 0) is 88.0 Å². The van der Waals surface area contributed by atoms with Crippen LogP contribution in [0, 0.1) is 0 Å². The minimum atomic E-state index is -1.04. The highest BCUT2D eigenvalue weighted by Crippen LogP contribution is 2.13. The van der Waals surface area contributed by atoms with Gasteiger partial charge in [0.25, 0.3) is 0 Å². The van der Waals surface area contributed by atoms with Crippen molar-refractivity contribution in [1.82, 2.24) is 20.4 Å². The highest BCUT2D eigenvalue weighted by molar-refractivity contribution is 5.80. The molecule has 0 heterocycles. The Labute approximate surface area is 251 Å². The molecule has 42 heavy (non-hydrogen) atoms. The molecule has 13 heteroatoms. The first-order valence-electron chi connectivity index (χ1n) is 14.6. The van der Waals surface area contributed by atoms with Gasteiger partial charge in [-0.2, -0.15) is 0 Å². The van der Waals surface area contributed by atoms with Crippen LogP contribution >= 0.6 is 0 Å². The summed E-state index contributed by atoms with van der Waals surface area (Å²) in [6.07, 6.45) is 0.344. The van der Waals surface area contributed by atoms with E-state index in [4.69, 9.17) is 19.3 Å². The molecule has 0 atom stereocenters. The molecular weight excluding hydrogens is 548 g/mol. The first kappa shape index (κ1) is 38.8. The highest BCUT2D eigenvalue weighted by Gasteiger charge is 2.24. The zero-order chi connectivity index (χ0) is 32.6. The maximum absolute atomic E-state index is 12.8. The van der Waals surface area contributed by atoms with E-state index in [1.807, 2.05) is 0 Å². The number of alkyl carbamates (subject to hydrolysis) is 1. The highest BCUT2D eigenvalue weighted by atomic mass is 16.6. The van der Waals surface area contributed by atoms with Crippen molar-refractivity contribution in [1.29, 1.82) is 0 Å². The molecule has 244 valence electrons. The van der Waals surface area contributed by atoms with E-state index in [0.717, 1.165) is 0 Å². The van der Waals surface area contributed by atoms with Gasteiger partial charge in [-0.15, -0.1) is 0 Å². The number of carboxylic acids is 1. The molecule has 4 amide bonds. The lowest BCUT2D eigenvalue weighted by molar-refractivity contribution is -0.138. The number of carbonyl (C=O) groups excluding carboxylic acids is 4. The molecule has 0 radical (unpaired) electrons.